The normalized spacial score (nSPS) is 20.9. The maximum atomic E-state index is 12.0. The van der Waals surface area contributed by atoms with Crippen LogP contribution >= 0.6 is 0 Å². The standard InChI is InChI=1S/C13H16N2O4/c14-12(17)13(5-2-1-3-6-13)19-11(16)10-4-8-18-9-7-15-10/h4,7-9H,1-3,5-6H2,(H2,14,17). The van der Waals surface area contributed by atoms with Crippen LogP contribution in [-0.2, 0) is 19.1 Å². The van der Waals surface area contributed by atoms with Crippen molar-refractivity contribution in [2.24, 2.45) is 10.7 Å². The number of primary amides is 1. The minimum Gasteiger partial charge on any atom is -0.471 e. The molecule has 1 aliphatic carbocycles. The molecule has 2 aliphatic rings. The van der Waals surface area contributed by atoms with E-state index in [4.69, 9.17) is 15.2 Å². The number of carbonyl (C=O) groups excluding carboxylic acids is 2. The zero-order valence-corrected chi connectivity index (χ0v) is 10.5. The molecule has 0 aromatic carbocycles. The summed E-state index contributed by atoms with van der Waals surface area (Å²) in [5.41, 5.74) is 4.29. The van der Waals surface area contributed by atoms with Gasteiger partial charge in [-0.3, -0.25) is 4.79 Å². The third kappa shape index (κ3) is 3.01. The molecule has 1 heterocycles. The van der Waals surface area contributed by atoms with Gasteiger partial charge in [-0.15, -0.1) is 0 Å². The highest BCUT2D eigenvalue weighted by atomic mass is 16.6. The lowest BCUT2D eigenvalue weighted by Gasteiger charge is -2.33. The van der Waals surface area contributed by atoms with Gasteiger partial charge in [-0.25, -0.2) is 9.79 Å². The summed E-state index contributed by atoms with van der Waals surface area (Å²) < 4.78 is 10.2. The van der Waals surface area contributed by atoms with Gasteiger partial charge in [-0.05, 0) is 25.7 Å². The Morgan fingerprint density at radius 1 is 1.26 bits per heavy atom. The van der Waals surface area contributed by atoms with Gasteiger partial charge in [0.15, 0.2) is 11.3 Å². The van der Waals surface area contributed by atoms with E-state index in [1.165, 1.54) is 24.8 Å². The second-order valence-electron chi connectivity index (χ2n) is 4.55. The molecule has 2 rings (SSSR count). The van der Waals surface area contributed by atoms with Crippen molar-refractivity contribution in [1.82, 2.24) is 0 Å². The molecule has 1 fully saturated rings. The van der Waals surface area contributed by atoms with E-state index in [9.17, 15) is 9.59 Å². The first-order valence-corrected chi connectivity index (χ1v) is 6.22. The highest BCUT2D eigenvalue weighted by Crippen LogP contribution is 2.31. The summed E-state index contributed by atoms with van der Waals surface area (Å²) >= 11 is 0. The molecule has 0 unspecified atom stereocenters. The van der Waals surface area contributed by atoms with Gasteiger partial charge >= 0.3 is 5.97 Å². The van der Waals surface area contributed by atoms with E-state index in [2.05, 4.69) is 4.99 Å². The summed E-state index contributed by atoms with van der Waals surface area (Å²) in [5.74, 6) is -1.25. The van der Waals surface area contributed by atoms with Crippen molar-refractivity contribution in [1.29, 1.82) is 0 Å². The molecular formula is C13H16N2O4. The van der Waals surface area contributed by atoms with Crippen LogP contribution < -0.4 is 5.73 Å². The van der Waals surface area contributed by atoms with Crippen LogP contribution in [0.2, 0.25) is 0 Å². The molecule has 1 aliphatic heterocycles. The molecule has 0 bridgehead atoms. The minimum absolute atomic E-state index is 0.0833. The first-order chi connectivity index (χ1) is 9.14. The Balaban J connectivity index is 2.13. The lowest BCUT2D eigenvalue weighted by Crippen LogP contribution is -2.49. The number of nitrogens with two attached hydrogens (primary N) is 1. The highest BCUT2D eigenvalue weighted by Gasteiger charge is 2.42. The molecule has 1 saturated carbocycles. The van der Waals surface area contributed by atoms with Gasteiger partial charge in [0.05, 0.1) is 12.5 Å². The van der Waals surface area contributed by atoms with E-state index >= 15 is 0 Å². The van der Waals surface area contributed by atoms with Crippen molar-refractivity contribution in [2.75, 3.05) is 0 Å². The van der Waals surface area contributed by atoms with Crippen LogP contribution in [0.4, 0.5) is 0 Å². The van der Waals surface area contributed by atoms with Crippen LogP contribution in [0.1, 0.15) is 32.1 Å². The summed E-state index contributed by atoms with van der Waals surface area (Å²) in [5, 5.41) is 0. The summed E-state index contributed by atoms with van der Waals surface area (Å²) in [4.78, 5) is 27.5. The van der Waals surface area contributed by atoms with Gasteiger partial charge < -0.3 is 15.2 Å². The number of amides is 1. The SMILES string of the molecule is NC(=O)C1(OC(=O)C2=NC=COC=C2)CCCCC1. The average Bonchev–Trinajstić information content (AvgIpc) is 2.68. The molecule has 2 N–H and O–H groups in total. The quantitative estimate of drug-likeness (QED) is 0.775. The van der Waals surface area contributed by atoms with Gasteiger partial charge in [-0.1, -0.05) is 6.42 Å². The number of aliphatic imine (C=N–C) groups is 1. The lowest BCUT2D eigenvalue weighted by atomic mass is 9.84. The predicted molar refractivity (Wildman–Crippen MR) is 67.9 cm³/mol. The second-order valence-corrected chi connectivity index (χ2v) is 4.55. The summed E-state index contributed by atoms with van der Waals surface area (Å²) in [7, 11) is 0. The number of nitrogens with zero attached hydrogens (tertiary/aromatic N) is 1. The maximum absolute atomic E-state index is 12.0. The number of hydrogen-bond donors (Lipinski definition) is 1. The molecule has 102 valence electrons. The molecule has 0 atom stereocenters. The largest absolute Gasteiger partial charge is 0.471 e. The Morgan fingerprint density at radius 2 is 2.00 bits per heavy atom. The van der Waals surface area contributed by atoms with E-state index in [1.807, 2.05) is 0 Å². The Bertz CT molecular complexity index is 459. The molecule has 6 nitrogen and oxygen atoms in total. The van der Waals surface area contributed by atoms with Crippen LogP contribution in [0.15, 0.2) is 29.8 Å². The number of esters is 1. The van der Waals surface area contributed by atoms with Crippen molar-refractivity contribution >= 4 is 17.6 Å². The van der Waals surface area contributed by atoms with Gasteiger partial charge in [0, 0.05) is 6.08 Å². The van der Waals surface area contributed by atoms with Crippen molar-refractivity contribution in [3.05, 3.63) is 24.8 Å². The Morgan fingerprint density at radius 3 is 2.68 bits per heavy atom. The van der Waals surface area contributed by atoms with Crippen molar-refractivity contribution in [2.45, 2.75) is 37.7 Å². The molecule has 0 spiro atoms. The Kier molecular flexibility index (Phi) is 3.99. The average molecular weight is 264 g/mol. The smallest absolute Gasteiger partial charge is 0.358 e. The van der Waals surface area contributed by atoms with E-state index in [0.717, 1.165) is 19.3 Å². The van der Waals surface area contributed by atoms with Crippen molar-refractivity contribution < 1.29 is 19.1 Å². The van der Waals surface area contributed by atoms with Crippen LogP contribution in [0.3, 0.4) is 0 Å². The number of hydrogen-bond acceptors (Lipinski definition) is 5. The fourth-order valence-electron chi connectivity index (χ4n) is 2.21. The van der Waals surface area contributed by atoms with Crippen molar-refractivity contribution in [3.63, 3.8) is 0 Å². The monoisotopic (exact) mass is 264 g/mol. The van der Waals surface area contributed by atoms with E-state index in [0.29, 0.717) is 12.8 Å². The minimum atomic E-state index is -1.19. The number of rotatable bonds is 3. The third-order valence-corrected chi connectivity index (χ3v) is 3.27. The van der Waals surface area contributed by atoms with Gasteiger partial charge in [0.1, 0.15) is 6.26 Å². The van der Waals surface area contributed by atoms with E-state index in [1.54, 1.807) is 0 Å². The van der Waals surface area contributed by atoms with Gasteiger partial charge in [0.25, 0.3) is 5.91 Å². The fraction of sp³-hybridized carbons (Fsp3) is 0.462. The molecular weight excluding hydrogens is 248 g/mol. The first-order valence-electron chi connectivity index (χ1n) is 6.22. The third-order valence-electron chi connectivity index (χ3n) is 3.27. The van der Waals surface area contributed by atoms with Gasteiger partial charge in [-0.2, -0.15) is 0 Å². The molecule has 0 saturated heterocycles. The molecule has 1 amide bonds. The van der Waals surface area contributed by atoms with Crippen LogP contribution in [0.5, 0.6) is 0 Å². The van der Waals surface area contributed by atoms with Crippen LogP contribution in [-0.4, -0.2) is 23.2 Å². The Hall–Kier alpha value is -2.11. The number of ether oxygens (including phenoxy) is 2. The fourth-order valence-corrected chi connectivity index (χ4v) is 2.21. The molecule has 6 heteroatoms. The Labute approximate surface area is 111 Å². The van der Waals surface area contributed by atoms with Crippen molar-refractivity contribution in [3.8, 4) is 0 Å². The molecule has 0 aromatic rings. The van der Waals surface area contributed by atoms with Crippen LogP contribution in [0, 0.1) is 0 Å². The van der Waals surface area contributed by atoms with Crippen LogP contribution in [0.25, 0.3) is 0 Å². The van der Waals surface area contributed by atoms with E-state index in [-0.39, 0.29) is 5.71 Å². The maximum Gasteiger partial charge on any atom is 0.358 e. The lowest BCUT2D eigenvalue weighted by molar-refractivity contribution is -0.164. The first kappa shape index (κ1) is 13.3. The zero-order chi connectivity index (χ0) is 13.7. The summed E-state index contributed by atoms with van der Waals surface area (Å²) in [6.45, 7) is 0. The summed E-state index contributed by atoms with van der Waals surface area (Å²) in [6.07, 6.45) is 8.98. The zero-order valence-electron chi connectivity index (χ0n) is 10.5. The molecule has 19 heavy (non-hydrogen) atoms. The predicted octanol–water partition coefficient (Wildman–Crippen LogP) is 1.17. The molecule has 0 aromatic heterocycles. The molecule has 0 radical (unpaired) electrons. The topological polar surface area (TPSA) is 91.0 Å². The van der Waals surface area contributed by atoms with Gasteiger partial charge in [0.2, 0.25) is 0 Å². The number of carbonyl (C=O) groups is 2. The highest BCUT2D eigenvalue weighted by molar-refractivity contribution is 6.41. The second kappa shape index (κ2) is 5.69. The van der Waals surface area contributed by atoms with E-state index < -0.39 is 17.5 Å². The summed E-state index contributed by atoms with van der Waals surface area (Å²) in [6, 6.07) is 0.